The predicted molar refractivity (Wildman–Crippen MR) is 40.9 cm³/mol. The summed E-state index contributed by atoms with van der Waals surface area (Å²) in [5.41, 5.74) is 4.57. The van der Waals surface area contributed by atoms with E-state index in [0.717, 1.165) is 13.1 Å². The van der Waals surface area contributed by atoms with Crippen LogP contribution in [0.15, 0.2) is 0 Å². The number of aliphatic carboxylic acids is 1. The maximum atomic E-state index is 9.24. The van der Waals surface area contributed by atoms with Gasteiger partial charge in [-0.1, -0.05) is 13.8 Å². The Morgan fingerprint density at radius 1 is 1.50 bits per heavy atom. The number of hydrogen-bond acceptors (Lipinski definition) is 3. The van der Waals surface area contributed by atoms with Crippen LogP contribution in [0, 0.1) is 0 Å². The van der Waals surface area contributed by atoms with Crippen LogP contribution in [-0.4, -0.2) is 30.7 Å². The van der Waals surface area contributed by atoms with Crippen molar-refractivity contribution in [1.29, 1.82) is 0 Å². The lowest BCUT2D eigenvalue weighted by atomic mass is 10.7. The van der Waals surface area contributed by atoms with Gasteiger partial charge in [-0.05, 0) is 13.1 Å². The highest BCUT2D eigenvalue weighted by molar-refractivity contribution is 5.68. The van der Waals surface area contributed by atoms with Gasteiger partial charge in [-0.3, -0.25) is 4.79 Å². The van der Waals surface area contributed by atoms with Gasteiger partial charge in [-0.2, -0.15) is 0 Å². The molecule has 0 atom stereocenters. The molecule has 10 heavy (non-hydrogen) atoms. The zero-order valence-electron chi connectivity index (χ0n) is 6.55. The molecule has 0 rings (SSSR count). The average molecular weight is 148 g/mol. The van der Waals surface area contributed by atoms with Gasteiger partial charge in [-0.15, -0.1) is 0 Å². The molecule has 0 aliphatic heterocycles. The van der Waals surface area contributed by atoms with Crippen molar-refractivity contribution in [3.05, 3.63) is 0 Å². The molecule has 0 fully saturated rings. The van der Waals surface area contributed by atoms with E-state index in [4.69, 9.17) is 5.11 Å². The molecule has 0 spiro atoms. The molecule has 0 aromatic carbocycles. The normalized spacial score (nSPS) is 7.90. The quantitative estimate of drug-likeness (QED) is 0.511. The summed E-state index contributed by atoms with van der Waals surface area (Å²) in [6, 6.07) is 0. The summed E-state index contributed by atoms with van der Waals surface area (Å²) in [7, 11) is 0. The van der Waals surface area contributed by atoms with Gasteiger partial charge in [-0.25, -0.2) is 0 Å². The number of carboxylic acids is 1. The van der Waals surface area contributed by atoms with E-state index in [1.807, 2.05) is 0 Å². The van der Waals surface area contributed by atoms with Crippen LogP contribution in [0.5, 0.6) is 0 Å². The SMILES string of the molecule is CCNCC.NCC(=O)O. The third-order valence-electron chi connectivity index (χ3n) is 0.675. The third-order valence-corrected chi connectivity index (χ3v) is 0.675. The molecule has 0 unspecified atom stereocenters. The fourth-order valence-electron chi connectivity index (χ4n) is 0.250. The summed E-state index contributed by atoms with van der Waals surface area (Å²) < 4.78 is 0. The predicted octanol–water partition coefficient (Wildman–Crippen LogP) is -0.354. The molecule has 0 heterocycles. The number of hydrogen-bond donors (Lipinski definition) is 3. The zero-order valence-corrected chi connectivity index (χ0v) is 6.55. The Kier molecular flexibility index (Phi) is 13.6. The molecule has 0 saturated heterocycles. The maximum absolute atomic E-state index is 9.24. The van der Waals surface area contributed by atoms with Gasteiger partial charge in [0.1, 0.15) is 0 Å². The first-order chi connectivity index (χ1) is 4.68. The first kappa shape index (κ1) is 12.1. The van der Waals surface area contributed by atoms with E-state index in [0.29, 0.717) is 0 Å². The fraction of sp³-hybridized carbons (Fsp3) is 0.833. The standard InChI is InChI=1S/C4H11N.C2H5NO2/c1-3-5-4-2;3-1-2(4)5/h5H,3-4H2,1-2H3;1,3H2,(H,4,5). The molecule has 0 aliphatic carbocycles. The second kappa shape index (κ2) is 11.2. The van der Waals surface area contributed by atoms with E-state index in [1.165, 1.54) is 0 Å². The van der Waals surface area contributed by atoms with Crippen LogP contribution in [0.3, 0.4) is 0 Å². The lowest BCUT2D eigenvalue weighted by Crippen LogP contribution is -2.10. The largest absolute Gasteiger partial charge is 0.480 e. The monoisotopic (exact) mass is 148 g/mol. The van der Waals surface area contributed by atoms with Crippen molar-refractivity contribution in [2.24, 2.45) is 5.73 Å². The summed E-state index contributed by atoms with van der Waals surface area (Å²) in [4.78, 5) is 9.24. The summed E-state index contributed by atoms with van der Waals surface area (Å²) >= 11 is 0. The van der Waals surface area contributed by atoms with Gasteiger partial charge in [0.2, 0.25) is 0 Å². The van der Waals surface area contributed by atoms with Gasteiger partial charge in [0.25, 0.3) is 0 Å². The van der Waals surface area contributed by atoms with E-state index in [1.54, 1.807) is 0 Å². The maximum Gasteiger partial charge on any atom is 0.317 e. The fourth-order valence-corrected chi connectivity index (χ4v) is 0.250. The number of nitrogens with one attached hydrogen (secondary N) is 1. The summed E-state index contributed by atoms with van der Waals surface area (Å²) in [6.07, 6.45) is 0. The Labute approximate surface area is 61.4 Å². The minimum Gasteiger partial charge on any atom is -0.480 e. The molecule has 4 heteroatoms. The Balaban J connectivity index is 0. The first-order valence-electron chi connectivity index (χ1n) is 3.31. The molecule has 4 N–H and O–H groups in total. The zero-order chi connectivity index (χ0) is 8.41. The van der Waals surface area contributed by atoms with Gasteiger partial charge < -0.3 is 16.2 Å². The minimum absolute atomic E-state index is 0.278. The molecule has 0 bridgehead atoms. The third kappa shape index (κ3) is 26.3. The van der Waals surface area contributed by atoms with Crippen molar-refractivity contribution in [1.82, 2.24) is 5.32 Å². The first-order valence-corrected chi connectivity index (χ1v) is 3.31. The second-order valence-electron chi connectivity index (χ2n) is 1.55. The van der Waals surface area contributed by atoms with Gasteiger partial charge in [0.05, 0.1) is 6.54 Å². The Morgan fingerprint density at radius 2 is 1.80 bits per heavy atom. The van der Waals surface area contributed by atoms with Crippen LogP contribution in [0.4, 0.5) is 0 Å². The average Bonchev–Trinajstić information content (AvgIpc) is 1.91. The van der Waals surface area contributed by atoms with Crippen molar-refractivity contribution in [2.75, 3.05) is 19.6 Å². The van der Waals surface area contributed by atoms with Crippen molar-refractivity contribution in [3.8, 4) is 0 Å². The number of nitrogens with two attached hydrogens (primary N) is 1. The van der Waals surface area contributed by atoms with Crippen LogP contribution in [0.25, 0.3) is 0 Å². The highest BCUT2D eigenvalue weighted by Gasteiger charge is 1.81. The minimum atomic E-state index is -0.968. The van der Waals surface area contributed by atoms with Gasteiger partial charge in [0, 0.05) is 0 Å². The second-order valence-corrected chi connectivity index (χ2v) is 1.55. The molecule has 0 amide bonds. The molecule has 0 radical (unpaired) electrons. The van der Waals surface area contributed by atoms with E-state index in [2.05, 4.69) is 24.9 Å². The molecule has 0 saturated carbocycles. The van der Waals surface area contributed by atoms with Crippen molar-refractivity contribution < 1.29 is 9.90 Å². The van der Waals surface area contributed by atoms with Crippen LogP contribution in [-0.2, 0) is 4.79 Å². The Bertz CT molecular complexity index is 74.1. The highest BCUT2D eigenvalue weighted by Crippen LogP contribution is 1.47. The van der Waals surface area contributed by atoms with Crippen molar-refractivity contribution in [3.63, 3.8) is 0 Å². The number of carboxylic acid groups (broad SMARTS) is 1. The highest BCUT2D eigenvalue weighted by atomic mass is 16.4. The van der Waals surface area contributed by atoms with Crippen LogP contribution in [0.2, 0.25) is 0 Å². The number of carbonyl (C=O) groups is 1. The molecule has 62 valence electrons. The smallest absolute Gasteiger partial charge is 0.317 e. The number of rotatable bonds is 3. The topological polar surface area (TPSA) is 75.3 Å². The summed E-state index contributed by atoms with van der Waals surface area (Å²) in [6.45, 7) is 6.11. The molecule has 4 nitrogen and oxygen atoms in total. The molecular formula is C6H16N2O2. The van der Waals surface area contributed by atoms with Gasteiger partial charge in [0.15, 0.2) is 0 Å². The Morgan fingerprint density at radius 3 is 1.80 bits per heavy atom. The van der Waals surface area contributed by atoms with E-state index >= 15 is 0 Å². The van der Waals surface area contributed by atoms with Crippen LogP contribution < -0.4 is 11.1 Å². The van der Waals surface area contributed by atoms with E-state index in [9.17, 15) is 4.79 Å². The van der Waals surface area contributed by atoms with Gasteiger partial charge >= 0.3 is 5.97 Å². The van der Waals surface area contributed by atoms with Crippen molar-refractivity contribution in [2.45, 2.75) is 13.8 Å². The molecule has 0 aliphatic rings. The van der Waals surface area contributed by atoms with Crippen molar-refractivity contribution >= 4 is 5.97 Å². The van der Waals surface area contributed by atoms with Crippen LogP contribution in [0.1, 0.15) is 13.8 Å². The summed E-state index contributed by atoms with van der Waals surface area (Å²) in [5, 5.41) is 10.7. The van der Waals surface area contributed by atoms with E-state index in [-0.39, 0.29) is 6.54 Å². The van der Waals surface area contributed by atoms with E-state index < -0.39 is 5.97 Å². The lowest BCUT2D eigenvalue weighted by molar-refractivity contribution is -0.135. The van der Waals surface area contributed by atoms with Crippen LogP contribution >= 0.6 is 0 Å². The molecule has 0 aromatic rings. The summed E-state index contributed by atoms with van der Waals surface area (Å²) in [5.74, 6) is -0.968. The Hall–Kier alpha value is -0.610. The lowest BCUT2D eigenvalue weighted by Gasteiger charge is -1.86. The molecule has 0 aromatic heterocycles. The molecular weight excluding hydrogens is 132 g/mol.